The first kappa shape index (κ1) is 20.7. The molecule has 0 saturated carbocycles. The van der Waals surface area contributed by atoms with Crippen LogP contribution in [0.25, 0.3) is 0 Å². The Labute approximate surface area is 190 Å². The molecule has 1 aliphatic heterocycles. The lowest BCUT2D eigenvalue weighted by Gasteiger charge is -2.39. The van der Waals surface area contributed by atoms with E-state index in [0.717, 1.165) is 49.0 Å². The first-order chi connectivity index (χ1) is 15.7. The lowest BCUT2D eigenvalue weighted by Crippen LogP contribution is -2.48. The minimum absolute atomic E-state index is 0.132. The molecule has 0 N–H and O–H groups in total. The largest absolute Gasteiger partial charge is 0.467 e. The van der Waals surface area contributed by atoms with Crippen LogP contribution in [0.4, 0.5) is 10.1 Å². The number of tetrazole rings is 1. The van der Waals surface area contributed by atoms with Crippen molar-refractivity contribution in [3.05, 3.63) is 94.9 Å². The Morgan fingerprint density at radius 2 is 1.72 bits per heavy atom. The number of nitrogens with zero attached hydrogens (tertiary/aromatic N) is 6. The molecule has 5 rings (SSSR count). The fraction of sp³-hybridized carbons (Fsp3) is 0.261. The number of hydrogen-bond donors (Lipinski definition) is 0. The van der Waals surface area contributed by atoms with Crippen molar-refractivity contribution in [2.45, 2.75) is 12.6 Å². The van der Waals surface area contributed by atoms with E-state index in [9.17, 15) is 4.39 Å². The van der Waals surface area contributed by atoms with E-state index in [4.69, 9.17) is 16.0 Å². The predicted octanol–water partition coefficient (Wildman–Crippen LogP) is 4.02. The van der Waals surface area contributed by atoms with Crippen molar-refractivity contribution in [2.24, 2.45) is 0 Å². The van der Waals surface area contributed by atoms with E-state index >= 15 is 0 Å². The lowest BCUT2D eigenvalue weighted by atomic mass is 10.0. The van der Waals surface area contributed by atoms with Crippen LogP contribution in [0, 0.1) is 5.82 Å². The van der Waals surface area contributed by atoms with E-state index < -0.39 is 0 Å². The normalized spacial score (nSPS) is 15.8. The average Bonchev–Trinajstić information content (AvgIpc) is 3.49. The number of piperazine rings is 1. The minimum Gasteiger partial charge on any atom is -0.467 e. The predicted molar refractivity (Wildman–Crippen MR) is 119 cm³/mol. The van der Waals surface area contributed by atoms with Crippen molar-refractivity contribution in [1.29, 1.82) is 0 Å². The van der Waals surface area contributed by atoms with Crippen molar-refractivity contribution in [2.75, 3.05) is 31.1 Å². The monoisotopic (exact) mass is 452 g/mol. The first-order valence-corrected chi connectivity index (χ1v) is 10.8. The summed E-state index contributed by atoms with van der Waals surface area (Å²) in [6, 6.07) is 18.1. The molecule has 4 aromatic rings. The van der Waals surface area contributed by atoms with E-state index in [2.05, 4.69) is 25.3 Å². The second kappa shape index (κ2) is 9.10. The molecule has 2 aromatic heterocycles. The fourth-order valence-corrected chi connectivity index (χ4v) is 4.25. The summed E-state index contributed by atoms with van der Waals surface area (Å²) >= 11 is 6.15. The zero-order valence-corrected chi connectivity index (χ0v) is 18.1. The van der Waals surface area contributed by atoms with Crippen LogP contribution >= 0.6 is 11.6 Å². The summed E-state index contributed by atoms with van der Waals surface area (Å²) < 4.78 is 20.6. The number of rotatable bonds is 6. The number of anilines is 1. The summed E-state index contributed by atoms with van der Waals surface area (Å²) in [5.74, 6) is 1.31. The molecule has 0 amide bonds. The van der Waals surface area contributed by atoms with E-state index in [-0.39, 0.29) is 11.9 Å². The molecule has 0 spiro atoms. The third-order valence-corrected chi connectivity index (χ3v) is 6.00. The highest BCUT2D eigenvalue weighted by Crippen LogP contribution is 2.30. The molecule has 9 heteroatoms. The molecular weight excluding hydrogens is 431 g/mol. The van der Waals surface area contributed by atoms with Crippen molar-refractivity contribution in [3.8, 4) is 0 Å². The van der Waals surface area contributed by atoms with E-state index in [1.807, 2.05) is 48.5 Å². The highest BCUT2D eigenvalue weighted by atomic mass is 35.5. The van der Waals surface area contributed by atoms with Crippen LogP contribution in [0.1, 0.15) is 23.2 Å². The smallest absolute Gasteiger partial charge is 0.173 e. The Morgan fingerprint density at radius 1 is 0.969 bits per heavy atom. The van der Waals surface area contributed by atoms with Crippen LogP contribution in [0.5, 0.6) is 0 Å². The van der Waals surface area contributed by atoms with Crippen LogP contribution in [-0.4, -0.2) is 51.3 Å². The third kappa shape index (κ3) is 4.37. The lowest BCUT2D eigenvalue weighted by molar-refractivity contribution is 0.201. The summed E-state index contributed by atoms with van der Waals surface area (Å²) in [5, 5.41) is 13.2. The fourth-order valence-electron chi connectivity index (χ4n) is 4.13. The molecule has 1 saturated heterocycles. The first-order valence-electron chi connectivity index (χ1n) is 10.5. The van der Waals surface area contributed by atoms with Gasteiger partial charge in [-0.2, -0.15) is 0 Å². The van der Waals surface area contributed by atoms with Gasteiger partial charge in [0.1, 0.15) is 18.1 Å². The summed E-state index contributed by atoms with van der Waals surface area (Å²) in [6.45, 7) is 3.69. The molecule has 1 aliphatic rings. The zero-order chi connectivity index (χ0) is 21.9. The third-order valence-electron chi connectivity index (χ3n) is 5.75. The highest BCUT2D eigenvalue weighted by molar-refractivity contribution is 6.30. The minimum atomic E-state index is -0.224. The van der Waals surface area contributed by atoms with Crippen molar-refractivity contribution in [3.63, 3.8) is 0 Å². The van der Waals surface area contributed by atoms with Gasteiger partial charge in [0.15, 0.2) is 5.82 Å². The van der Waals surface area contributed by atoms with Crippen LogP contribution in [0.3, 0.4) is 0 Å². The molecular formula is C23H22ClFN6O. The second-order valence-electron chi connectivity index (χ2n) is 7.73. The van der Waals surface area contributed by atoms with Gasteiger partial charge in [0.25, 0.3) is 0 Å². The van der Waals surface area contributed by atoms with Gasteiger partial charge in [0.05, 0.1) is 12.3 Å². The number of hydrogen-bond acceptors (Lipinski definition) is 6. The molecule has 1 atom stereocenters. The Bertz CT molecular complexity index is 1140. The molecule has 1 fully saturated rings. The SMILES string of the molecule is Fc1ccc(N2CCN([C@H](c3ccc(Cl)cc3)c3nnnn3Cc3ccco3)CC2)cc1. The van der Waals surface area contributed by atoms with Gasteiger partial charge in [-0.05, 0) is 64.5 Å². The van der Waals surface area contributed by atoms with Crippen molar-refractivity contribution >= 4 is 17.3 Å². The van der Waals surface area contributed by atoms with Gasteiger partial charge in [-0.1, -0.05) is 23.7 Å². The Morgan fingerprint density at radius 3 is 2.41 bits per heavy atom. The maximum Gasteiger partial charge on any atom is 0.173 e. The summed E-state index contributed by atoms with van der Waals surface area (Å²) in [5.41, 5.74) is 2.09. The quantitative estimate of drug-likeness (QED) is 0.440. The molecule has 3 heterocycles. The molecule has 0 bridgehead atoms. The van der Waals surface area contributed by atoms with E-state index in [1.165, 1.54) is 12.1 Å². The molecule has 0 unspecified atom stereocenters. The molecule has 7 nitrogen and oxygen atoms in total. The van der Waals surface area contributed by atoms with E-state index in [1.54, 1.807) is 10.9 Å². The Hall–Kier alpha value is -3.23. The number of benzene rings is 2. The standard InChI is InChI=1S/C23H22ClFN6O/c24-18-5-3-17(4-6-18)22(23-26-27-28-31(23)16-21-2-1-15-32-21)30-13-11-29(12-14-30)20-9-7-19(25)8-10-20/h1-10,15,22H,11-14,16H2/t22-/m1/s1. The summed E-state index contributed by atoms with van der Waals surface area (Å²) in [6.07, 6.45) is 1.64. The van der Waals surface area contributed by atoms with Crippen molar-refractivity contribution in [1.82, 2.24) is 25.1 Å². The zero-order valence-electron chi connectivity index (χ0n) is 17.3. The van der Waals surface area contributed by atoms with Crippen LogP contribution in [0.2, 0.25) is 5.02 Å². The Balaban J connectivity index is 1.41. The molecule has 2 aromatic carbocycles. The van der Waals surface area contributed by atoms with Crippen LogP contribution < -0.4 is 4.90 Å². The topological polar surface area (TPSA) is 63.2 Å². The molecule has 0 aliphatic carbocycles. The number of furan rings is 1. The summed E-state index contributed by atoms with van der Waals surface area (Å²) in [7, 11) is 0. The van der Waals surface area contributed by atoms with Crippen LogP contribution in [-0.2, 0) is 6.54 Å². The maximum atomic E-state index is 13.3. The van der Waals surface area contributed by atoms with Crippen LogP contribution in [0.15, 0.2) is 71.3 Å². The van der Waals surface area contributed by atoms with Gasteiger partial charge < -0.3 is 9.32 Å². The second-order valence-corrected chi connectivity index (χ2v) is 8.16. The van der Waals surface area contributed by atoms with Crippen molar-refractivity contribution < 1.29 is 8.81 Å². The maximum absolute atomic E-state index is 13.3. The highest BCUT2D eigenvalue weighted by Gasteiger charge is 2.31. The van der Waals surface area contributed by atoms with E-state index in [0.29, 0.717) is 11.6 Å². The number of aromatic nitrogens is 4. The van der Waals surface area contributed by atoms with Gasteiger partial charge in [-0.15, -0.1) is 5.10 Å². The molecule has 32 heavy (non-hydrogen) atoms. The van der Waals surface area contributed by atoms with Gasteiger partial charge in [0.2, 0.25) is 0 Å². The number of halogens is 2. The Kier molecular flexibility index (Phi) is 5.87. The van der Waals surface area contributed by atoms with Gasteiger partial charge in [0, 0.05) is 36.9 Å². The summed E-state index contributed by atoms with van der Waals surface area (Å²) in [4.78, 5) is 4.63. The molecule has 164 valence electrons. The van der Waals surface area contributed by atoms with Gasteiger partial charge >= 0.3 is 0 Å². The van der Waals surface area contributed by atoms with Gasteiger partial charge in [-0.3, -0.25) is 4.90 Å². The van der Waals surface area contributed by atoms with Gasteiger partial charge in [-0.25, -0.2) is 9.07 Å². The molecule has 0 radical (unpaired) electrons. The average molecular weight is 453 g/mol.